The molecule has 0 radical (unpaired) electrons. The molecule has 0 unspecified atom stereocenters. The highest BCUT2D eigenvalue weighted by molar-refractivity contribution is 6.18. The average molecular weight is 884 g/mol. The van der Waals surface area contributed by atoms with Gasteiger partial charge in [-0.25, -0.2) is 0 Å². The van der Waals surface area contributed by atoms with Crippen LogP contribution in [0.4, 0.5) is 34.1 Å². The first-order valence-electron chi connectivity index (χ1n) is 23.8. The Morgan fingerprint density at radius 2 is 0.913 bits per heavy atom. The molecule has 0 bridgehead atoms. The number of fused-ring (bicyclic) bond motifs is 10. The Hall–Kier alpha value is -8.86. The van der Waals surface area contributed by atoms with E-state index in [0.29, 0.717) is 0 Å². The Morgan fingerprint density at radius 1 is 0.348 bits per heavy atom. The lowest BCUT2D eigenvalue weighted by Gasteiger charge is -2.29. The van der Waals surface area contributed by atoms with Crippen LogP contribution in [0.1, 0.15) is 25.0 Å². The Kier molecular flexibility index (Phi) is 8.59. The van der Waals surface area contributed by atoms with Gasteiger partial charge in [0, 0.05) is 73.0 Å². The zero-order chi connectivity index (χ0) is 45.8. The van der Waals surface area contributed by atoms with Crippen molar-refractivity contribution in [1.82, 2.24) is 4.57 Å². The fourth-order valence-corrected chi connectivity index (χ4v) is 11.5. The minimum Gasteiger partial charge on any atom is -0.456 e. The van der Waals surface area contributed by atoms with Crippen molar-refractivity contribution >= 4 is 77.5 Å². The second-order valence-electron chi connectivity index (χ2n) is 18.9. The molecule has 4 heteroatoms. The summed E-state index contributed by atoms with van der Waals surface area (Å²) in [6.07, 6.45) is 0. The SMILES string of the molecule is CC1(C)c2ccccc2-c2ccc(N(c3ccccc3)c3ccc4cc5c6c(cccc6c4c3)Oc3cc(N(c4ccccc4)c4ccc6c(c4)c4ccccc4n6-c4ccccc4)ccc3-5)cc21. The van der Waals surface area contributed by atoms with E-state index in [-0.39, 0.29) is 5.41 Å². The highest BCUT2D eigenvalue weighted by atomic mass is 16.5. The van der Waals surface area contributed by atoms with Gasteiger partial charge in [0.15, 0.2) is 0 Å². The van der Waals surface area contributed by atoms with Crippen molar-refractivity contribution < 1.29 is 4.74 Å². The van der Waals surface area contributed by atoms with E-state index < -0.39 is 0 Å². The number of ether oxygens (including phenoxy) is 1. The predicted octanol–water partition coefficient (Wildman–Crippen LogP) is 18.1. The van der Waals surface area contributed by atoms with Gasteiger partial charge in [-0.05, 0) is 153 Å². The molecule has 2 heterocycles. The molecule has 0 fully saturated rings. The minimum absolute atomic E-state index is 0.110. The number of rotatable bonds is 7. The molecule has 0 saturated heterocycles. The van der Waals surface area contributed by atoms with E-state index in [4.69, 9.17) is 4.74 Å². The van der Waals surface area contributed by atoms with Crippen LogP contribution in [0, 0.1) is 0 Å². The molecule has 2 aliphatic rings. The molecular formula is C65H45N3O. The molecule has 4 nitrogen and oxygen atoms in total. The lowest BCUT2D eigenvalue weighted by atomic mass is 9.82. The highest BCUT2D eigenvalue weighted by Crippen LogP contribution is 2.53. The second-order valence-corrected chi connectivity index (χ2v) is 18.9. The summed E-state index contributed by atoms with van der Waals surface area (Å²) in [5, 5.41) is 7.09. The molecule has 1 aliphatic carbocycles. The summed E-state index contributed by atoms with van der Waals surface area (Å²) in [5.74, 6) is 1.70. The molecule has 326 valence electrons. The zero-order valence-corrected chi connectivity index (χ0v) is 38.3. The van der Waals surface area contributed by atoms with Crippen molar-refractivity contribution in [2.45, 2.75) is 19.3 Å². The smallest absolute Gasteiger partial charge is 0.137 e. The maximum Gasteiger partial charge on any atom is 0.137 e. The van der Waals surface area contributed by atoms with Gasteiger partial charge in [0.25, 0.3) is 0 Å². The Bertz CT molecular complexity index is 4020. The summed E-state index contributed by atoms with van der Waals surface area (Å²) in [5.41, 5.74) is 17.5. The molecule has 0 amide bonds. The third-order valence-electron chi connectivity index (χ3n) is 14.7. The molecule has 0 spiro atoms. The van der Waals surface area contributed by atoms with E-state index in [1.807, 2.05) is 0 Å². The monoisotopic (exact) mass is 883 g/mol. The molecule has 69 heavy (non-hydrogen) atoms. The summed E-state index contributed by atoms with van der Waals surface area (Å²) in [7, 11) is 0. The Balaban J connectivity index is 0.885. The van der Waals surface area contributed by atoms with E-state index in [2.05, 4.69) is 265 Å². The molecule has 1 aromatic heterocycles. The van der Waals surface area contributed by atoms with Gasteiger partial charge in [-0.15, -0.1) is 0 Å². The lowest BCUT2D eigenvalue weighted by Crippen LogP contribution is -2.16. The predicted molar refractivity (Wildman–Crippen MR) is 288 cm³/mol. The maximum atomic E-state index is 7.01. The maximum absolute atomic E-state index is 7.01. The van der Waals surface area contributed by atoms with Gasteiger partial charge >= 0.3 is 0 Å². The van der Waals surface area contributed by atoms with Gasteiger partial charge in [0.05, 0.1) is 11.0 Å². The third-order valence-corrected chi connectivity index (χ3v) is 14.7. The Morgan fingerprint density at radius 3 is 1.68 bits per heavy atom. The third kappa shape index (κ3) is 6.02. The van der Waals surface area contributed by atoms with Gasteiger partial charge in [-0.1, -0.05) is 135 Å². The van der Waals surface area contributed by atoms with Crippen LogP contribution in [0.15, 0.2) is 237 Å². The lowest BCUT2D eigenvalue weighted by molar-refractivity contribution is 0.487. The summed E-state index contributed by atoms with van der Waals surface area (Å²) < 4.78 is 9.37. The quantitative estimate of drug-likeness (QED) is 0.149. The molecule has 0 N–H and O–H groups in total. The van der Waals surface area contributed by atoms with Gasteiger partial charge in [-0.3, -0.25) is 0 Å². The number of hydrogen-bond acceptors (Lipinski definition) is 3. The van der Waals surface area contributed by atoms with Crippen LogP contribution in [0.25, 0.3) is 71.3 Å². The standard InChI is InChI=1S/C65H45N3O/c1-65(2)58-26-14-12-23-50(58)51-34-31-48(40-59(51)65)66(43-17-6-3-7-18-43)46-30-29-42-37-57-53-35-32-49(41-63(53)69-62-28-16-25-54(64(57)62)55(42)38-46)67(44-19-8-4-9-20-44)47-33-36-61-56(39-47)52-24-13-15-27-60(52)68(61)45-21-10-5-11-22-45/h3-41H,1-2H3. The number of anilines is 6. The van der Waals surface area contributed by atoms with E-state index >= 15 is 0 Å². The summed E-state index contributed by atoms with van der Waals surface area (Å²) >= 11 is 0. The van der Waals surface area contributed by atoms with Crippen LogP contribution in [-0.4, -0.2) is 4.57 Å². The fourth-order valence-electron chi connectivity index (χ4n) is 11.5. The summed E-state index contributed by atoms with van der Waals surface area (Å²) in [4.78, 5) is 4.74. The normalized spacial score (nSPS) is 13.0. The van der Waals surface area contributed by atoms with E-state index in [1.165, 1.54) is 65.8 Å². The van der Waals surface area contributed by atoms with Crippen molar-refractivity contribution in [1.29, 1.82) is 0 Å². The fraction of sp³-hybridized carbons (Fsp3) is 0.0462. The van der Waals surface area contributed by atoms with Crippen molar-refractivity contribution in [3.05, 3.63) is 248 Å². The van der Waals surface area contributed by atoms with Gasteiger partial charge < -0.3 is 19.1 Å². The van der Waals surface area contributed by atoms with Crippen LogP contribution in [-0.2, 0) is 5.41 Å². The minimum atomic E-state index is -0.110. The number of hydrogen-bond donors (Lipinski definition) is 0. The van der Waals surface area contributed by atoms with Crippen LogP contribution in [0.2, 0.25) is 0 Å². The molecule has 11 aromatic carbocycles. The second kappa shape index (κ2) is 15.1. The van der Waals surface area contributed by atoms with Crippen LogP contribution in [0.3, 0.4) is 0 Å². The number of aromatic nitrogens is 1. The van der Waals surface area contributed by atoms with Crippen LogP contribution >= 0.6 is 0 Å². The number of benzene rings is 11. The summed E-state index contributed by atoms with van der Waals surface area (Å²) in [6.45, 7) is 4.70. The van der Waals surface area contributed by atoms with Crippen molar-refractivity contribution in [3.8, 4) is 39.4 Å². The first-order valence-corrected chi connectivity index (χ1v) is 23.8. The van der Waals surface area contributed by atoms with Gasteiger partial charge in [0.1, 0.15) is 11.5 Å². The molecule has 1 aliphatic heterocycles. The zero-order valence-electron chi connectivity index (χ0n) is 38.3. The molecule has 12 aromatic rings. The van der Waals surface area contributed by atoms with Crippen LogP contribution < -0.4 is 14.5 Å². The van der Waals surface area contributed by atoms with Crippen LogP contribution in [0.5, 0.6) is 11.5 Å². The van der Waals surface area contributed by atoms with Gasteiger partial charge in [0.2, 0.25) is 0 Å². The highest BCUT2D eigenvalue weighted by Gasteiger charge is 2.36. The molecule has 0 atom stereocenters. The largest absolute Gasteiger partial charge is 0.456 e. The average Bonchev–Trinajstić information content (AvgIpc) is 3.85. The van der Waals surface area contributed by atoms with Crippen molar-refractivity contribution in [3.63, 3.8) is 0 Å². The van der Waals surface area contributed by atoms with E-state index in [0.717, 1.165) is 62.3 Å². The first kappa shape index (κ1) is 39.3. The number of nitrogens with zero attached hydrogens (tertiary/aromatic N) is 3. The molecule has 0 saturated carbocycles. The summed E-state index contributed by atoms with van der Waals surface area (Å²) in [6, 6.07) is 85.9. The first-order chi connectivity index (χ1) is 34.0. The topological polar surface area (TPSA) is 20.6 Å². The van der Waals surface area contributed by atoms with Crippen molar-refractivity contribution in [2.24, 2.45) is 0 Å². The molecule has 14 rings (SSSR count). The Labute approximate surface area is 401 Å². The molecular weight excluding hydrogens is 839 g/mol. The van der Waals surface area contributed by atoms with Crippen molar-refractivity contribution in [2.75, 3.05) is 9.80 Å². The number of para-hydroxylation sites is 4. The van der Waals surface area contributed by atoms with Gasteiger partial charge in [-0.2, -0.15) is 0 Å². The van der Waals surface area contributed by atoms with E-state index in [1.54, 1.807) is 0 Å². The van der Waals surface area contributed by atoms with E-state index in [9.17, 15) is 0 Å².